The molecule has 0 aromatic heterocycles. The Morgan fingerprint density at radius 2 is 0.875 bits per heavy atom. The molecule has 0 aromatic carbocycles. The molecule has 2 fully saturated rings. The van der Waals surface area contributed by atoms with Crippen LogP contribution in [0.3, 0.4) is 0 Å². The lowest BCUT2D eigenvalue weighted by molar-refractivity contribution is 0.401. The van der Waals surface area contributed by atoms with Gasteiger partial charge < -0.3 is 0 Å². The summed E-state index contributed by atoms with van der Waals surface area (Å²) in [5, 5.41) is 0. The van der Waals surface area contributed by atoms with Crippen molar-refractivity contribution in [1.82, 2.24) is 0 Å². The van der Waals surface area contributed by atoms with Crippen LogP contribution in [-0.2, 0) is 0 Å². The van der Waals surface area contributed by atoms with Gasteiger partial charge in [-0.25, -0.2) is 0 Å². The van der Waals surface area contributed by atoms with Gasteiger partial charge in [-0.15, -0.1) is 0 Å². The molecule has 2 heteroatoms. The smallest absolute Gasteiger partial charge is 0.0699 e. The highest BCUT2D eigenvalue weighted by Crippen LogP contribution is 2.34. The van der Waals surface area contributed by atoms with Crippen LogP contribution >= 0.6 is 0 Å². The van der Waals surface area contributed by atoms with Crippen LogP contribution in [0.1, 0.15) is 51.4 Å². The average Bonchev–Trinajstić information content (AvgIpc) is 2.30. The molecule has 0 saturated heterocycles. The van der Waals surface area contributed by atoms with Gasteiger partial charge in [-0.1, -0.05) is 49.5 Å². The Bertz CT molecular complexity index is 197. The van der Waals surface area contributed by atoms with E-state index in [0.717, 1.165) is 11.8 Å². The van der Waals surface area contributed by atoms with Crippen LogP contribution < -0.4 is 0 Å². The third kappa shape index (κ3) is 3.71. The maximum atomic E-state index is 5.91. The summed E-state index contributed by atoms with van der Waals surface area (Å²) in [5.41, 5.74) is 0. The predicted octanol–water partition coefficient (Wildman–Crippen LogP) is 3.84. The van der Waals surface area contributed by atoms with Crippen molar-refractivity contribution in [2.24, 2.45) is 11.8 Å². The zero-order valence-electron chi connectivity index (χ0n) is 10.3. The molecule has 0 heterocycles. The Morgan fingerprint density at radius 1 is 0.562 bits per heavy atom. The molecule has 0 atom stereocenters. The maximum absolute atomic E-state index is 5.91. The lowest BCUT2D eigenvalue weighted by Gasteiger charge is -2.26. The van der Waals surface area contributed by atoms with Gasteiger partial charge in [0.25, 0.3) is 0 Å². The Kier molecular flexibility index (Phi) is 4.61. The van der Waals surface area contributed by atoms with Gasteiger partial charge in [0.05, 0.1) is 15.7 Å². The molecule has 2 aliphatic carbocycles. The summed E-state index contributed by atoms with van der Waals surface area (Å²) in [5.74, 6) is 2.54. The minimum Gasteiger partial charge on any atom is -0.0851 e. The van der Waals surface area contributed by atoms with Gasteiger partial charge in [-0.05, 0) is 37.5 Å². The van der Waals surface area contributed by atoms with E-state index in [1.54, 1.807) is 0 Å². The number of allylic oxidation sites excluding steroid dienone is 2. The Balaban J connectivity index is 1.72. The molecule has 2 rings (SSSR count). The average molecular weight is 212 g/mol. The van der Waals surface area contributed by atoms with Gasteiger partial charge in [-0.3, -0.25) is 0 Å². The third-order valence-electron chi connectivity index (χ3n) is 4.29. The van der Waals surface area contributed by atoms with Crippen LogP contribution in [0.2, 0.25) is 11.6 Å². The first kappa shape index (κ1) is 12.3. The monoisotopic (exact) mass is 212 g/mol. The summed E-state index contributed by atoms with van der Waals surface area (Å²) in [6.07, 6.45) is 15.0. The topological polar surface area (TPSA) is 0 Å². The van der Waals surface area contributed by atoms with E-state index in [4.69, 9.17) is 15.7 Å². The highest BCUT2D eigenvalue weighted by molar-refractivity contribution is 6.11. The van der Waals surface area contributed by atoms with E-state index < -0.39 is 0 Å². The standard InChI is InChI=1S/C14H22B2/c15-13-7-3-11(4-8-13)1-2-12-5-9-14(16)10-6-12/h1-2,11-14H,3-10H2. The molecule has 2 saturated carbocycles. The van der Waals surface area contributed by atoms with Crippen molar-refractivity contribution >= 4 is 15.7 Å². The molecule has 0 amide bonds. The molecular formula is C14H22B2. The SMILES string of the molecule is [B]C1CCC(C=CC2CCC([B])CC2)CC1. The van der Waals surface area contributed by atoms with Crippen LogP contribution in [0.25, 0.3) is 0 Å². The van der Waals surface area contributed by atoms with Crippen molar-refractivity contribution in [1.29, 1.82) is 0 Å². The van der Waals surface area contributed by atoms with E-state index in [2.05, 4.69) is 12.2 Å². The highest BCUT2D eigenvalue weighted by atomic mass is 14.2. The van der Waals surface area contributed by atoms with Crippen molar-refractivity contribution in [3.05, 3.63) is 12.2 Å². The first-order valence-corrected chi connectivity index (χ1v) is 6.93. The van der Waals surface area contributed by atoms with E-state index in [0.29, 0.717) is 11.6 Å². The fraction of sp³-hybridized carbons (Fsp3) is 0.857. The summed E-state index contributed by atoms with van der Waals surface area (Å²) < 4.78 is 0. The van der Waals surface area contributed by atoms with Crippen LogP contribution in [0.4, 0.5) is 0 Å². The molecule has 0 bridgehead atoms. The second kappa shape index (κ2) is 5.98. The van der Waals surface area contributed by atoms with Gasteiger partial charge in [0.15, 0.2) is 0 Å². The van der Waals surface area contributed by atoms with Crippen molar-refractivity contribution < 1.29 is 0 Å². The number of hydrogen-bond donors (Lipinski definition) is 0. The van der Waals surface area contributed by atoms with Crippen LogP contribution in [0.5, 0.6) is 0 Å². The van der Waals surface area contributed by atoms with E-state index >= 15 is 0 Å². The van der Waals surface area contributed by atoms with Crippen LogP contribution in [0.15, 0.2) is 12.2 Å². The summed E-state index contributed by atoms with van der Waals surface area (Å²) in [4.78, 5) is 0. The Morgan fingerprint density at radius 3 is 1.19 bits per heavy atom. The molecule has 16 heavy (non-hydrogen) atoms. The van der Waals surface area contributed by atoms with Crippen molar-refractivity contribution in [2.45, 2.75) is 63.0 Å². The zero-order chi connectivity index (χ0) is 11.4. The molecule has 4 radical (unpaired) electrons. The predicted molar refractivity (Wildman–Crippen MR) is 72.1 cm³/mol. The second-order valence-electron chi connectivity index (χ2n) is 5.73. The summed E-state index contributed by atoms with van der Waals surface area (Å²) in [7, 11) is 11.8. The highest BCUT2D eigenvalue weighted by Gasteiger charge is 2.18. The quantitative estimate of drug-likeness (QED) is 0.481. The summed E-state index contributed by atoms with van der Waals surface area (Å²) >= 11 is 0. The van der Waals surface area contributed by atoms with E-state index in [-0.39, 0.29) is 0 Å². The third-order valence-corrected chi connectivity index (χ3v) is 4.29. The van der Waals surface area contributed by atoms with Gasteiger partial charge in [0.2, 0.25) is 0 Å². The molecule has 0 aromatic rings. The normalized spacial score (nSPS) is 41.2. The minimum absolute atomic E-state index is 0.470. The van der Waals surface area contributed by atoms with Gasteiger partial charge in [0, 0.05) is 0 Å². The molecule has 2 aliphatic rings. The van der Waals surface area contributed by atoms with Gasteiger partial charge in [-0.2, -0.15) is 0 Å². The fourth-order valence-corrected chi connectivity index (χ4v) is 2.99. The van der Waals surface area contributed by atoms with Crippen LogP contribution in [0, 0.1) is 11.8 Å². The van der Waals surface area contributed by atoms with Gasteiger partial charge >= 0.3 is 0 Å². The summed E-state index contributed by atoms with van der Waals surface area (Å²) in [6, 6.07) is 0. The van der Waals surface area contributed by atoms with Crippen molar-refractivity contribution in [2.75, 3.05) is 0 Å². The summed E-state index contributed by atoms with van der Waals surface area (Å²) in [6.45, 7) is 0. The molecular weight excluding hydrogens is 190 g/mol. The van der Waals surface area contributed by atoms with E-state index in [1.807, 2.05) is 0 Å². The zero-order valence-corrected chi connectivity index (χ0v) is 10.3. The van der Waals surface area contributed by atoms with E-state index in [9.17, 15) is 0 Å². The molecule has 0 nitrogen and oxygen atoms in total. The van der Waals surface area contributed by atoms with Crippen LogP contribution in [-0.4, -0.2) is 15.7 Å². The minimum atomic E-state index is 0.470. The molecule has 84 valence electrons. The molecule has 0 aliphatic heterocycles. The maximum Gasteiger partial charge on any atom is 0.0699 e. The second-order valence-corrected chi connectivity index (χ2v) is 5.73. The Labute approximate surface area is 103 Å². The van der Waals surface area contributed by atoms with Gasteiger partial charge in [0.1, 0.15) is 0 Å². The number of rotatable bonds is 2. The molecule has 0 spiro atoms. The first-order chi connectivity index (χ1) is 7.74. The Hall–Kier alpha value is -0.130. The largest absolute Gasteiger partial charge is 0.0851 e. The lowest BCUT2D eigenvalue weighted by atomic mass is 9.70. The lowest BCUT2D eigenvalue weighted by Crippen LogP contribution is -2.11. The van der Waals surface area contributed by atoms with Crippen molar-refractivity contribution in [3.8, 4) is 0 Å². The number of hydrogen-bond acceptors (Lipinski definition) is 0. The first-order valence-electron chi connectivity index (χ1n) is 6.93. The van der Waals surface area contributed by atoms with Crippen molar-refractivity contribution in [3.63, 3.8) is 0 Å². The molecule has 0 unspecified atom stereocenters. The molecule has 0 N–H and O–H groups in total. The van der Waals surface area contributed by atoms with E-state index in [1.165, 1.54) is 51.4 Å². The fourth-order valence-electron chi connectivity index (χ4n) is 2.99.